The van der Waals surface area contributed by atoms with Crippen LogP contribution in [-0.4, -0.2) is 21.6 Å². The first-order valence-corrected chi connectivity index (χ1v) is 7.37. The van der Waals surface area contributed by atoms with E-state index in [9.17, 15) is 4.79 Å². The number of thioether (sulfide) groups is 1. The van der Waals surface area contributed by atoms with E-state index >= 15 is 0 Å². The molecule has 0 unspecified atom stereocenters. The molecular formula is C14H11ClN4OS. The molecular weight excluding hydrogens is 308 g/mol. The van der Waals surface area contributed by atoms with Crippen LogP contribution in [0.3, 0.4) is 0 Å². The Morgan fingerprint density at radius 3 is 3.00 bits per heavy atom. The van der Waals surface area contributed by atoms with E-state index in [1.54, 1.807) is 30.5 Å². The summed E-state index contributed by atoms with van der Waals surface area (Å²) in [7, 11) is 0. The number of anilines is 1. The molecule has 106 valence electrons. The van der Waals surface area contributed by atoms with Crippen molar-refractivity contribution < 1.29 is 4.79 Å². The van der Waals surface area contributed by atoms with Crippen molar-refractivity contribution in [3.8, 4) is 6.07 Å². The standard InChI is InChI=1S/C14H11ClN4OS/c1-9-4-5-17-14(18-9)21-8-13(20)19-12-6-11(15)3-2-10(12)7-16/h2-6H,8H2,1H3,(H,19,20). The fourth-order valence-electron chi connectivity index (χ4n) is 1.53. The lowest BCUT2D eigenvalue weighted by Crippen LogP contribution is -2.15. The molecule has 0 aliphatic rings. The molecule has 7 heteroatoms. The molecule has 0 bridgehead atoms. The molecule has 2 rings (SSSR count). The predicted molar refractivity (Wildman–Crippen MR) is 82.3 cm³/mol. The van der Waals surface area contributed by atoms with Gasteiger partial charge in [0, 0.05) is 16.9 Å². The fraction of sp³-hybridized carbons (Fsp3) is 0.143. The number of amides is 1. The number of halogens is 1. The zero-order valence-corrected chi connectivity index (χ0v) is 12.7. The van der Waals surface area contributed by atoms with Crippen LogP contribution in [0, 0.1) is 18.3 Å². The largest absolute Gasteiger partial charge is 0.324 e. The van der Waals surface area contributed by atoms with E-state index in [0.29, 0.717) is 21.4 Å². The second-order valence-electron chi connectivity index (χ2n) is 4.12. The van der Waals surface area contributed by atoms with Gasteiger partial charge >= 0.3 is 0 Å². The lowest BCUT2D eigenvalue weighted by atomic mass is 10.2. The van der Waals surface area contributed by atoms with Gasteiger partial charge in [0.25, 0.3) is 0 Å². The van der Waals surface area contributed by atoms with Crippen molar-refractivity contribution in [2.45, 2.75) is 12.1 Å². The second-order valence-corrected chi connectivity index (χ2v) is 5.50. The quantitative estimate of drug-likeness (QED) is 0.692. The summed E-state index contributed by atoms with van der Waals surface area (Å²) in [4.78, 5) is 20.2. The Bertz CT molecular complexity index is 714. The van der Waals surface area contributed by atoms with Gasteiger partial charge in [-0.2, -0.15) is 5.26 Å². The Labute approximate surface area is 131 Å². The summed E-state index contributed by atoms with van der Waals surface area (Å²) < 4.78 is 0. The number of nitrogens with zero attached hydrogens (tertiary/aromatic N) is 3. The molecule has 0 spiro atoms. The minimum Gasteiger partial charge on any atom is -0.324 e. The van der Waals surface area contributed by atoms with Crippen LogP contribution < -0.4 is 5.32 Å². The minimum atomic E-state index is -0.246. The van der Waals surface area contributed by atoms with Gasteiger partial charge in [-0.05, 0) is 31.2 Å². The second kappa shape index (κ2) is 7.07. The molecule has 21 heavy (non-hydrogen) atoms. The van der Waals surface area contributed by atoms with Crippen molar-refractivity contribution in [3.63, 3.8) is 0 Å². The number of aromatic nitrogens is 2. The normalized spacial score (nSPS) is 9.95. The van der Waals surface area contributed by atoms with Crippen LogP contribution in [0.25, 0.3) is 0 Å². The highest BCUT2D eigenvalue weighted by molar-refractivity contribution is 7.99. The Morgan fingerprint density at radius 2 is 2.29 bits per heavy atom. The zero-order chi connectivity index (χ0) is 15.2. The SMILES string of the molecule is Cc1ccnc(SCC(=O)Nc2cc(Cl)ccc2C#N)n1. The number of carbonyl (C=O) groups is 1. The minimum absolute atomic E-state index is 0.154. The number of rotatable bonds is 4. The lowest BCUT2D eigenvalue weighted by molar-refractivity contribution is -0.113. The van der Waals surface area contributed by atoms with Gasteiger partial charge in [0.2, 0.25) is 5.91 Å². The summed E-state index contributed by atoms with van der Waals surface area (Å²) in [5, 5.41) is 12.7. The molecule has 1 aromatic carbocycles. The van der Waals surface area contributed by atoms with Gasteiger partial charge in [-0.1, -0.05) is 23.4 Å². The highest BCUT2D eigenvalue weighted by atomic mass is 35.5. The van der Waals surface area contributed by atoms with Gasteiger partial charge < -0.3 is 5.32 Å². The van der Waals surface area contributed by atoms with Crippen LogP contribution in [0.4, 0.5) is 5.69 Å². The van der Waals surface area contributed by atoms with Crippen LogP contribution in [0.5, 0.6) is 0 Å². The van der Waals surface area contributed by atoms with Crippen LogP contribution in [-0.2, 0) is 4.79 Å². The Kier molecular flexibility index (Phi) is 5.14. The smallest absolute Gasteiger partial charge is 0.234 e. The number of hydrogen-bond donors (Lipinski definition) is 1. The molecule has 1 heterocycles. The number of aryl methyl sites for hydroxylation is 1. The molecule has 1 N–H and O–H groups in total. The van der Waals surface area contributed by atoms with Crippen molar-refractivity contribution in [1.82, 2.24) is 9.97 Å². The van der Waals surface area contributed by atoms with Gasteiger partial charge in [0.1, 0.15) is 6.07 Å². The summed E-state index contributed by atoms with van der Waals surface area (Å²) in [6, 6.07) is 8.51. The predicted octanol–water partition coefficient (Wildman–Crippen LogP) is 3.04. The van der Waals surface area contributed by atoms with E-state index in [2.05, 4.69) is 15.3 Å². The van der Waals surface area contributed by atoms with Crippen LogP contribution >= 0.6 is 23.4 Å². The van der Waals surface area contributed by atoms with E-state index in [0.717, 1.165) is 5.69 Å². The average molecular weight is 319 g/mol. The summed E-state index contributed by atoms with van der Waals surface area (Å²) in [5.74, 6) is -0.0928. The molecule has 0 saturated heterocycles. The van der Waals surface area contributed by atoms with Gasteiger partial charge in [0.15, 0.2) is 5.16 Å². The Balaban J connectivity index is 1.99. The molecule has 1 amide bonds. The van der Waals surface area contributed by atoms with E-state index in [-0.39, 0.29) is 11.7 Å². The Hall–Kier alpha value is -2.10. The maximum absolute atomic E-state index is 11.9. The van der Waals surface area contributed by atoms with E-state index in [4.69, 9.17) is 16.9 Å². The summed E-state index contributed by atoms with van der Waals surface area (Å²) in [6.45, 7) is 1.86. The van der Waals surface area contributed by atoms with Gasteiger partial charge in [0.05, 0.1) is 17.0 Å². The summed E-state index contributed by atoms with van der Waals surface area (Å²) >= 11 is 7.09. The first-order valence-electron chi connectivity index (χ1n) is 6.00. The van der Waals surface area contributed by atoms with Crippen LogP contribution in [0.1, 0.15) is 11.3 Å². The van der Waals surface area contributed by atoms with Gasteiger partial charge in [-0.3, -0.25) is 4.79 Å². The highest BCUT2D eigenvalue weighted by Gasteiger charge is 2.09. The molecule has 2 aromatic rings. The molecule has 0 aliphatic carbocycles. The van der Waals surface area contributed by atoms with Crippen molar-refractivity contribution in [2.75, 3.05) is 11.1 Å². The molecule has 0 saturated carbocycles. The van der Waals surface area contributed by atoms with Gasteiger partial charge in [-0.15, -0.1) is 0 Å². The summed E-state index contributed by atoms with van der Waals surface area (Å²) in [5.41, 5.74) is 1.61. The Morgan fingerprint density at radius 1 is 1.48 bits per heavy atom. The third-order valence-electron chi connectivity index (χ3n) is 2.48. The van der Waals surface area contributed by atoms with E-state index < -0.39 is 0 Å². The number of carbonyl (C=O) groups excluding carboxylic acids is 1. The number of nitrogens with one attached hydrogen (secondary N) is 1. The molecule has 0 fully saturated rings. The number of nitriles is 1. The molecule has 0 atom stereocenters. The van der Waals surface area contributed by atoms with Crippen molar-refractivity contribution in [2.24, 2.45) is 0 Å². The van der Waals surface area contributed by atoms with Crippen molar-refractivity contribution in [1.29, 1.82) is 5.26 Å². The fourth-order valence-corrected chi connectivity index (χ4v) is 2.38. The third kappa shape index (κ3) is 4.45. The highest BCUT2D eigenvalue weighted by Crippen LogP contribution is 2.21. The van der Waals surface area contributed by atoms with Crippen LogP contribution in [0.2, 0.25) is 5.02 Å². The molecule has 1 aromatic heterocycles. The molecule has 0 radical (unpaired) electrons. The average Bonchev–Trinajstić information content (AvgIpc) is 2.45. The molecule has 5 nitrogen and oxygen atoms in total. The maximum atomic E-state index is 11.9. The first kappa shape index (κ1) is 15.3. The lowest BCUT2D eigenvalue weighted by Gasteiger charge is -2.07. The van der Waals surface area contributed by atoms with Crippen molar-refractivity contribution in [3.05, 3.63) is 46.7 Å². The third-order valence-corrected chi connectivity index (χ3v) is 3.58. The van der Waals surface area contributed by atoms with E-state index in [1.807, 2.05) is 13.0 Å². The van der Waals surface area contributed by atoms with E-state index in [1.165, 1.54) is 11.8 Å². The topological polar surface area (TPSA) is 78.7 Å². The summed E-state index contributed by atoms with van der Waals surface area (Å²) in [6.07, 6.45) is 1.65. The number of benzene rings is 1. The maximum Gasteiger partial charge on any atom is 0.234 e. The van der Waals surface area contributed by atoms with Crippen LogP contribution in [0.15, 0.2) is 35.6 Å². The zero-order valence-electron chi connectivity index (χ0n) is 11.1. The number of hydrogen-bond acceptors (Lipinski definition) is 5. The monoisotopic (exact) mass is 318 g/mol. The van der Waals surface area contributed by atoms with Crippen molar-refractivity contribution >= 4 is 35.0 Å². The molecule has 0 aliphatic heterocycles. The first-order chi connectivity index (χ1) is 10.1. The van der Waals surface area contributed by atoms with Gasteiger partial charge in [-0.25, -0.2) is 9.97 Å².